The molecule has 0 unspecified atom stereocenters. The van der Waals surface area contributed by atoms with Gasteiger partial charge in [0, 0.05) is 18.0 Å². The number of aromatic nitrogens is 1. The average molecular weight is 331 g/mol. The predicted octanol–water partition coefficient (Wildman–Crippen LogP) is 2.08. The van der Waals surface area contributed by atoms with Crippen LogP contribution < -0.4 is 4.90 Å². The van der Waals surface area contributed by atoms with Gasteiger partial charge in [0.25, 0.3) is 0 Å². The van der Waals surface area contributed by atoms with E-state index in [1.807, 2.05) is 24.3 Å². The van der Waals surface area contributed by atoms with Crippen LogP contribution in [0.1, 0.15) is 11.5 Å². The lowest BCUT2D eigenvalue weighted by atomic mass is 10.2. The molecular weight excluding hydrogens is 314 g/mol. The van der Waals surface area contributed by atoms with Crippen molar-refractivity contribution in [3.8, 4) is 0 Å². The van der Waals surface area contributed by atoms with Crippen molar-refractivity contribution >= 4 is 29.3 Å². The van der Waals surface area contributed by atoms with Crippen molar-refractivity contribution in [2.45, 2.75) is 18.4 Å². The standard InChI is InChI=1S/C16H17N3O3S/c1-11-7-12(17-22-11)8-18(2)15(20)9-19-13-5-3-4-6-14(13)23-10-16(19)21/h3-7H,8-10H2,1-2H3. The van der Waals surface area contributed by atoms with E-state index in [0.29, 0.717) is 23.8 Å². The summed E-state index contributed by atoms with van der Waals surface area (Å²) in [5, 5.41) is 3.88. The average Bonchev–Trinajstić information content (AvgIpc) is 2.95. The van der Waals surface area contributed by atoms with E-state index < -0.39 is 0 Å². The minimum Gasteiger partial charge on any atom is -0.361 e. The molecule has 23 heavy (non-hydrogen) atoms. The third-order valence-electron chi connectivity index (χ3n) is 3.60. The van der Waals surface area contributed by atoms with Gasteiger partial charge in [-0.1, -0.05) is 17.3 Å². The molecule has 0 radical (unpaired) electrons. The Balaban J connectivity index is 1.70. The smallest absolute Gasteiger partial charge is 0.242 e. The van der Waals surface area contributed by atoms with Crippen molar-refractivity contribution in [2.75, 3.05) is 24.2 Å². The normalized spacial score (nSPS) is 13.8. The fraction of sp³-hybridized carbons (Fsp3) is 0.312. The lowest BCUT2D eigenvalue weighted by Crippen LogP contribution is -2.43. The fourth-order valence-electron chi connectivity index (χ4n) is 2.41. The van der Waals surface area contributed by atoms with Crippen molar-refractivity contribution in [3.63, 3.8) is 0 Å². The Morgan fingerprint density at radius 2 is 2.22 bits per heavy atom. The van der Waals surface area contributed by atoms with Crippen molar-refractivity contribution < 1.29 is 14.1 Å². The zero-order chi connectivity index (χ0) is 16.4. The maximum absolute atomic E-state index is 12.4. The molecule has 3 rings (SSSR count). The zero-order valence-corrected chi connectivity index (χ0v) is 13.8. The predicted molar refractivity (Wildman–Crippen MR) is 87.2 cm³/mol. The van der Waals surface area contributed by atoms with Gasteiger partial charge < -0.3 is 14.3 Å². The van der Waals surface area contributed by atoms with Gasteiger partial charge in [0.2, 0.25) is 11.8 Å². The molecule has 0 N–H and O–H groups in total. The maximum Gasteiger partial charge on any atom is 0.242 e. The number of thioether (sulfide) groups is 1. The molecule has 1 aromatic carbocycles. The van der Waals surface area contributed by atoms with E-state index in [2.05, 4.69) is 5.16 Å². The Morgan fingerprint density at radius 1 is 1.43 bits per heavy atom. The first-order valence-corrected chi connectivity index (χ1v) is 8.21. The molecule has 2 aromatic rings. The Bertz CT molecular complexity index is 744. The molecule has 0 saturated carbocycles. The van der Waals surface area contributed by atoms with E-state index in [9.17, 15) is 9.59 Å². The summed E-state index contributed by atoms with van der Waals surface area (Å²) in [6.07, 6.45) is 0. The molecule has 6 nitrogen and oxygen atoms in total. The van der Waals surface area contributed by atoms with Gasteiger partial charge in [0.15, 0.2) is 0 Å². The van der Waals surface area contributed by atoms with Crippen LogP contribution in [0.3, 0.4) is 0 Å². The van der Waals surface area contributed by atoms with Crippen LogP contribution in [-0.2, 0) is 16.1 Å². The molecular formula is C16H17N3O3S. The van der Waals surface area contributed by atoms with Crippen LogP contribution in [0.4, 0.5) is 5.69 Å². The summed E-state index contributed by atoms with van der Waals surface area (Å²) < 4.78 is 5.00. The van der Waals surface area contributed by atoms with Gasteiger partial charge in [0.1, 0.15) is 18.0 Å². The van der Waals surface area contributed by atoms with E-state index in [-0.39, 0.29) is 18.4 Å². The van der Waals surface area contributed by atoms with Crippen LogP contribution in [0.2, 0.25) is 0 Å². The zero-order valence-electron chi connectivity index (χ0n) is 13.0. The summed E-state index contributed by atoms with van der Waals surface area (Å²) >= 11 is 1.50. The second-order valence-corrected chi connectivity index (χ2v) is 6.43. The summed E-state index contributed by atoms with van der Waals surface area (Å²) in [7, 11) is 1.70. The Hall–Kier alpha value is -2.28. The molecule has 2 amide bonds. The Labute approximate surface area is 138 Å². The molecule has 7 heteroatoms. The van der Waals surface area contributed by atoms with E-state index in [1.54, 1.807) is 29.8 Å². The molecule has 0 saturated heterocycles. The van der Waals surface area contributed by atoms with Crippen molar-refractivity contribution in [3.05, 3.63) is 41.8 Å². The summed E-state index contributed by atoms with van der Waals surface area (Å²) in [5.41, 5.74) is 1.49. The molecule has 2 heterocycles. The largest absolute Gasteiger partial charge is 0.361 e. The lowest BCUT2D eigenvalue weighted by Gasteiger charge is -2.29. The Kier molecular flexibility index (Phi) is 4.38. The number of benzene rings is 1. The van der Waals surface area contributed by atoms with Crippen LogP contribution >= 0.6 is 11.8 Å². The van der Waals surface area contributed by atoms with Crippen LogP contribution in [0.5, 0.6) is 0 Å². The number of para-hydroxylation sites is 1. The van der Waals surface area contributed by atoms with Gasteiger partial charge >= 0.3 is 0 Å². The quantitative estimate of drug-likeness (QED) is 0.858. The van der Waals surface area contributed by atoms with Crippen LogP contribution in [0.25, 0.3) is 0 Å². The van der Waals surface area contributed by atoms with Gasteiger partial charge in [-0.05, 0) is 19.1 Å². The van der Waals surface area contributed by atoms with Crippen LogP contribution in [0.15, 0.2) is 39.8 Å². The first-order valence-electron chi connectivity index (χ1n) is 7.23. The highest BCUT2D eigenvalue weighted by molar-refractivity contribution is 8.00. The highest BCUT2D eigenvalue weighted by atomic mass is 32.2. The van der Waals surface area contributed by atoms with Gasteiger partial charge in [-0.2, -0.15) is 0 Å². The highest BCUT2D eigenvalue weighted by Crippen LogP contribution is 2.34. The number of anilines is 1. The van der Waals surface area contributed by atoms with E-state index in [0.717, 1.165) is 10.6 Å². The minimum absolute atomic E-state index is 0.0315. The number of nitrogens with zero attached hydrogens (tertiary/aromatic N) is 3. The molecule has 0 atom stereocenters. The van der Waals surface area contributed by atoms with Gasteiger partial charge in [0.05, 0.1) is 18.0 Å². The highest BCUT2D eigenvalue weighted by Gasteiger charge is 2.27. The van der Waals surface area contributed by atoms with Gasteiger partial charge in [-0.15, -0.1) is 11.8 Å². The first-order chi connectivity index (χ1) is 11.0. The molecule has 120 valence electrons. The SMILES string of the molecule is Cc1cc(CN(C)C(=O)CN2C(=O)CSc3ccccc32)no1. The van der Waals surface area contributed by atoms with Gasteiger partial charge in [-0.3, -0.25) is 9.59 Å². The molecule has 0 spiro atoms. The number of rotatable bonds is 4. The summed E-state index contributed by atoms with van der Waals surface area (Å²) in [6.45, 7) is 2.19. The number of amides is 2. The second-order valence-electron chi connectivity index (χ2n) is 5.41. The van der Waals surface area contributed by atoms with E-state index in [1.165, 1.54) is 11.8 Å². The van der Waals surface area contributed by atoms with E-state index in [4.69, 9.17) is 4.52 Å². The molecule has 1 aliphatic rings. The Morgan fingerprint density at radius 3 is 2.96 bits per heavy atom. The number of carbonyl (C=O) groups is 2. The molecule has 0 aliphatic carbocycles. The minimum atomic E-state index is -0.138. The third-order valence-corrected chi connectivity index (χ3v) is 4.65. The first kappa shape index (κ1) is 15.6. The fourth-order valence-corrected chi connectivity index (χ4v) is 3.34. The molecule has 1 aromatic heterocycles. The number of likely N-dealkylation sites (N-methyl/N-ethyl adjacent to an activating group) is 1. The molecule has 1 aliphatic heterocycles. The maximum atomic E-state index is 12.4. The van der Waals surface area contributed by atoms with Crippen LogP contribution in [0, 0.1) is 6.92 Å². The van der Waals surface area contributed by atoms with Crippen molar-refractivity contribution in [1.29, 1.82) is 0 Å². The van der Waals surface area contributed by atoms with Gasteiger partial charge in [-0.25, -0.2) is 0 Å². The van der Waals surface area contributed by atoms with E-state index >= 15 is 0 Å². The lowest BCUT2D eigenvalue weighted by molar-refractivity contribution is -0.130. The summed E-state index contributed by atoms with van der Waals surface area (Å²) in [5.74, 6) is 0.877. The number of hydrogen-bond donors (Lipinski definition) is 0. The molecule has 0 fully saturated rings. The third kappa shape index (κ3) is 3.39. The summed E-state index contributed by atoms with van der Waals surface area (Å²) in [4.78, 5) is 28.8. The van der Waals surface area contributed by atoms with Crippen molar-refractivity contribution in [2.24, 2.45) is 0 Å². The summed E-state index contributed by atoms with van der Waals surface area (Å²) in [6, 6.07) is 9.43. The number of carbonyl (C=O) groups excluding carboxylic acids is 2. The number of aryl methyl sites for hydroxylation is 1. The number of hydrogen-bond acceptors (Lipinski definition) is 5. The van der Waals surface area contributed by atoms with Crippen molar-refractivity contribution in [1.82, 2.24) is 10.1 Å². The number of fused-ring (bicyclic) bond motifs is 1. The monoisotopic (exact) mass is 331 g/mol. The van der Waals surface area contributed by atoms with Crippen LogP contribution in [-0.4, -0.2) is 41.2 Å². The second kappa shape index (κ2) is 6.45. The topological polar surface area (TPSA) is 66.7 Å². The molecule has 0 bridgehead atoms.